The second kappa shape index (κ2) is 9.70. The summed E-state index contributed by atoms with van der Waals surface area (Å²) < 4.78 is 5.04. The zero-order chi connectivity index (χ0) is 18.1. The van der Waals surface area contributed by atoms with Crippen LogP contribution in [0.1, 0.15) is 43.5 Å². The molecular weight excluding hydrogens is 310 g/mol. The molecule has 1 amide bonds. The third kappa shape index (κ3) is 6.81. The zero-order valence-corrected chi connectivity index (χ0v) is 14.4. The van der Waals surface area contributed by atoms with Crippen LogP contribution in [0.2, 0.25) is 0 Å². The van der Waals surface area contributed by atoms with Gasteiger partial charge in [-0.25, -0.2) is 0 Å². The third-order valence-corrected chi connectivity index (χ3v) is 3.51. The molecule has 0 heterocycles. The van der Waals surface area contributed by atoms with Crippen molar-refractivity contribution in [1.82, 2.24) is 4.90 Å². The molecule has 132 valence electrons. The van der Waals surface area contributed by atoms with Gasteiger partial charge in [0.1, 0.15) is 5.75 Å². The van der Waals surface area contributed by atoms with E-state index in [0.29, 0.717) is 17.9 Å². The molecule has 6 heteroatoms. The quantitative estimate of drug-likeness (QED) is 0.665. The van der Waals surface area contributed by atoms with E-state index in [1.54, 1.807) is 31.4 Å². The molecule has 24 heavy (non-hydrogen) atoms. The highest BCUT2D eigenvalue weighted by Gasteiger charge is 2.17. The smallest absolute Gasteiger partial charge is 0.305 e. The maximum absolute atomic E-state index is 12.3. The number of hydrogen-bond donors (Lipinski definition) is 1. The Morgan fingerprint density at radius 2 is 1.71 bits per heavy atom. The molecule has 0 bridgehead atoms. The van der Waals surface area contributed by atoms with Gasteiger partial charge in [-0.05, 0) is 30.2 Å². The predicted molar refractivity (Wildman–Crippen MR) is 90.2 cm³/mol. The van der Waals surface area contributed by atoms with Crippen LogP contribution < -0.4 is 4.74 Å². The first-order valence-electron chi connectivity index (χ1n) is 8.00. The molecule has 0 saturated heterocycles. The number of aliphatic carboxylic acids is 1. The van der Waals surface area contributed by atoms with E-state index in [0.717, 1.165) is 0 Å². The Kier molecular flexibility index (Phi) is 7.95. The number of carboxylic acids is 1. The number of rotatable bonds is 10. The number of benzene rings is 1. The Labute approximate surface area is 142 Å². The van der Waals surface area contributed by atoms with Crippen molar-refractivity contribution in [3.05, 3.63) is 29.8 Å². The molecule has 0 spiro atoms. The van der Waals surface area contributed by atoms with Crippen molar-refractivity contribution in [3.63, 3.8) is 0 Å². The summed E-state index contributed by atoms with van der Waals surface area (Å²) in [5.74, 6) is -0.342. The molecule has 0 atom stereocenters. The van der Waals surface area contributed by atoms with E-state index in [9.17, 15) is 14.4 Å². The number of Topliss-reactive ketones (excluding diaryl/α,β-unsaturated/α-hetero) is 1. The number of nitrogens with zero attached hydrogens (tertiary/aromatic N) is 1. The first-order chi connectivity index (χ1) is 11.3. The second-order valence-corrected chi connectivity index (χ2v) is 6.03. The van der Waals surface area contributed by atoms with Gasteiger partial charge >= 0.3 is 5.97 Å². The van der Waals surface area contributed by atoms with Crippen molar-refractivity contribution in [1.29, 1.82) is 0 Å². The molecule has 0 radical (unpaired) electrons. The lowest BCUT2D eigenvalue weighted by molar-refractivity contribution is -0.138. The van der Waals surface area contributed by atoms with Gasteiger partial charge in [-0.15, -0.1) is 0 Å². The number of carboxylic acid groups (broad SMARTS) is 1. The average Bonchev–Trinajstić information content (AvgIpc) is 2.55. The van der Waals surface area contributed by atoms with Crippen LogP contribution >= 0.6 is 0 Å². The second-order valence-electron chi connectivity index (χ2n) is 6.03. The summed E-state index contributed by atoms with van der Waals surface area (Å²) in [5.41, 5.74) is 0.532. The standard InChI is InChI=1S/C18H25NO5/c1-13(2)12-19(11-10-18(22)23)17(21)9-8-16(20)14-4-6-15(24-3)7-5-14/h4-7,13H,8-12H2,1-3H3,(H,22,23). The van der Waals surface area contributed by atoms with Crippen molar-refractivity contribution < 1.29 is 24.2 Å². The topological polar surface area (TPSA) is 83.9 Å². The van der Waals surface area contributed by atoms with Crippen molar-refractivity contribution >= 4 is 17.7 Å². The van der Waals surface area contributed by atoms with E-state index >= 15 is 0 Å². The predicted octanol–water partition coefficient (Wildman–Crippen LogP) is 2.62. The van der Waals surface area contributed by atoms with Crippen LogP contribution in [0.3, 0.4) is 0 Å². The highest BCUT2D eigenvalue weighted by Crippen LogP contribution is 2.14. The Bertz CT molecular complexity index is 565. The fourth-order valence-electron chi connectivity index (χ4n) is 2.29. The van der Waals surface area contributed by atoms with Crippen LogP contribution in [-0.2, 0) is 9.59 Å². The number of carbonyl (C=O) groups is 3. The van der Waals surface area contributed by atoms with Gasteiger partial charge in [0.15, 0.2) is 5.78 Å². The molecule has 0 unspecified atom stereocenters. The minimum Gasteiger partial charge on any atom is -0.497 e. The van der Waals surface area contributed by atoms with Crippen LogP contribution in [0.25, 0.3) is 0 Å². The van der Waals surface area contributed by atoms with Crippen LogP contribution in [0, 0.1) is 5.92 Å². The number of hydrogen-bond acceptors (Lipinski definition) is 4. The summed E-state index contributed by atoms with van der Waals surface area (Å²) >= 11 is 0. The van der Waals surface area contributed by atoms with Crippen molar-refractivity contribution in [3.8, 4) is 5.75 Å². The van der Waals surface area contributed by atoms with Crippen molar-refractivity contribution in [2.45, 2.75) is 33.1 Å². The summed E-state index contributed by atoms with van der Waals surface area (Å²) in [7, 11) is 1.55. The Hall–Kier alpha value is -2.37. The van der Waals surface area contributed by atoms with E-state index in [4.69, 9.17) is 9.84 Å². The Morgan fingerprint density at radius 3 is 2.21 bits per heavy atom. The van der Waals surface area contributed by atoms with Crippen LogP contribution in [-0.4, -0.2) is 47.9 Å². The molecule has 1 aromatic carbocycles. The molecule has 1 N–H and O–H groups in total. The number of carbonyl (C=O) groups excluding carboxylic acids is 2. The lowest BCUT2D eigenvalue weighted by atomic mass is 10.1. The molecule has 0 aliphatic carbocycles. The molecule has 0 saturated carbocycles. The largest absolute Gasteiger partial charge is 0.497 e. The van der Waals surface area contributed by atoms with E-state index in [2.05, 4.69) is 0 Å². The molecule has 0 aromatic heterocycles. The SMILES string of the molecule is COc1ccc(C(=O)CCC(=O)N(CCC(=O)O)CC(C)C)cc1. The summed E-state index contributed by atoms with van der Waals surface area (Å²) in [6, 6.07) is 6.74. The molecular formula is C18H25NO5. The normalized spacial score (nSPS) is 10.5. The molecule has 0 aliphatic rings. The van der Waals surface area contributed by atoms with Gasteiger partial charge in [0.05, 0.1) is 13.5 Å². The number of ketones is 1. The van der Waals surface area contributed by atoms with E-state index < -0.39 is 5.97 Å². The van der Waals surface area contributed by atoms with Crippen molar-refractivity contribution in [2.24, 2.45) is 5.92 Å². The van der Waals surface area contributed by atoms with Crippen LogP contribution in [0.15, 0.2) is 24.3 Å². The molecule has 0 aliphatic heterocycles. The fourth-order valence-corrected chi connectivity index (χ4v) is 2.29. The first kappa shape index (κ1) is 19.7. The summed E-state index contributed by atoms with van der Waals surface area (Å²) in [6.45, 7) is 4.58. The van der Waals surface area contributed by atoms with Crippen LogP contribution in [0.5, 0.6) is 5.75 Å². The van der Waals surface area contributed by atoms with E-state index in [1.807, 2.05) is 13.8 Å². The maximum atomic E-state index is 12.3. The molecule has 1 rings (SSSR count). The van der Waals surface area contributed by atoms with Gasteiger partial charge in [0.25, 0.3) is 0 Å². The van der Waals surface area contributed by atoms with Gasteiger partial charge < -0.3 is 14.7 Å². The van der Waals surface area contributed by atoms with Gasteiger partial charge in [-0.3, -0.25) is 14.4 Å². The summed E-state index contributed by atoms with van der Waals surface area (Å²) in [4.78, 5) is 36.7. The molecule has 1 aromatic rings. The molecule has 0 fully saturated rings. The number of methoxy groups -OCH3 is 1. The minimum atomic E-state index is -0.939. The van der Waals surface area contributed by atoms with Gasteiger partial charge in [0, 0.05) is 31.5 Å². The number of amides is 1. The minimum absolute atomic E-state index is 0.0806. The van der Waals surface area contributed by atoms with Crippen LogP contribution in [0.4, 0.5) is 0 Å². The first-order valence-corrected chi connectivity index (χ1v) is 8.00. The van der Waals surface area contributed by atoms with E-state index in [1.165, 1.54) is 4.90 Å². The van der Waals surface area contributed by atoms with Gasteiger partial charge in [-0.1, -0.05) is 13.8 Å². The highest BCUT2D eigenvalue weighted by molar-refractivity contribution is 5.98. The lowest BCUT2D eigenvalue weighted by Gasteiger charge is -2.24. The zero-order valence-electron chi connectivity index (χ0n) is 14.4. The van der Waals surface area contributed by atoms with Gasteiger partial charge in [0.2, 0.25) is 5.91 Å². The number of ether oxygens (including phenoxy) is 1. The monoisotopic (exact) mass is 335 g/mol. The Morgan fingerprint density at radius 1 is 1.08 bits per heavy atom. The third-order valence-electron chi connectivity index (χ3n) is 3.51. The lowest BCUT2D eigenvalue weighted by Crippen LogP contribution is -2.36. The maximum Gasteiger partial charge on any atom is 0.305 e. The fraction of sp³-hybridized carbons (Fsp3) is 0.500. The average molecular weight is 335 g/mol. The summed E-state index contributed by atoms with van der Waals surface area (Å²) in [6.07, 6.45) is 0.0922. The van der Waals surface area contributed by atoms with Crippen molar-refractivity contribution in [2.75, 3.05) is 20.2 Å². The van der Waals surface area contributed by atoms with Gasteiger partial charge in [-0.2, -0.15) is 0 Å². The molecule has 6 nitrogen and oxygen atoms in total. The van der Waals surface area contributed by atoms with E-state index in [-0.39, 0.29) is 43.4 Å². The highest BCUT2D eigenvalue weighted by atomic mass is 16.5. The Balaban J connectivity index is 2.58. The summed E-state index contributed by atoms with van der Waals surface area (Å²) in [5, 5.41) is 8.79.